The number of esters is 1. The molecule has 0 saturated heterocycles. The van der Waals surface area contributed by atoms with E-state index in [0.29, 0.717) is 13.1 Å². The van der Waals surface area contributed by atoms with Crippen LogP contribution in [0.2, 0.25) is 10.0 Å². The molecule has 0 bridgehead atoms. The first-order valence-electron chi connectivity index (χ1n) is 7.52. The monoisotopic (exact) mass is 363 g/mol. The van der Waals surface area contributed by atoms with Gasteiger partial charge >= 0.3 is 5.97 Å². The van der Waals surface area contributed by atoms with Gasteiger partial charge in [0.05, 0.1) is 15.6 Å². The summed E-state index contributed by atoms with van der Waals surface area (Å²) in [7, 11) is 0. The zero-order chi connectivity index (χ0) is 17.1. The highest BCUT2D eigenvalue weighted by Crippen LogP contribution is 2.26. The number of rotatable bonds is 3. The number of halogens is 2. The van der Waals surface area contributed by atoms with Gasteiger partial charge in [0, 0.05) is 13.1 Å². The Morgan fingerprint density at radius 1 is 1.04 bits per heavy atom. The van der Waals surface area contributed by atoms with Crippen molar-refractivity contribution < 1.29 is 14.3 Å². The number of fused-ring (bicyclic) bond motifs is 1. The second kappa shape index (κ2) is 7.24. The lowest BCUT2D eigenvalue weighted by molar-refractivity contribution is -0.135. The molecule has 0 N–H and O–H groups in total. The standard InChI is InChI=1S/C18H15Cl2NO3/c19-15-7-3-6-14(17(15)20)18(23)24-11-16(22)21-9-8-12-4-1-2-5-13(12)10-21/h1-7H,8-11H2. The van der Waals surface area contributed by atoms with Crippen molar-refractivity contribution in [3.63, 3.8) is 0 Å². The van der Waals surface area contributed by atoms with Crippen molar-refractivity contribution in [2.75, 3.05) is 13.2 Å². The van der Waals surface area contributed by atoms with E-state index < -0.39 is 5.97 Å². The number of nitrogens with zero attached hydrogens (tertiary/aromatic N) is 1. The Kier molecular flexibility index (Phi) is 5.07. The van der Waals surface area contributed by atoms with Gasteiger partial charge in [-0.05, 0) is 29.7 Å². The quantitative estimate of drug-likeness (QED) is 0.780. The van der Waals surface area contributed by atoms with E-state index in [-0.39, 0.29) is 28.1 Å². The van der Waals surface area contributed by atoms with Gasteiger partial charge < -0.3 is 9.64 Å². The summed E-state index contributed by atoms with van der Waals surface area (Å²) in [6.45, 7) is 0.833. The van der Waals surface area contributed by atoms with E-state index in [0.717, 1.165) is 12.0 Å². The first-order valence-corrected chi connectivity index (χ1v) is 8.27. The van der Waals surface area contributed by atoms with Gasteiger partial charge in [0.2, 0.25) is 0 Å². The van der Waals surface area contributed by atoms with Gasteiger partial charge in [-0.25, -0.2) is 4.79 Å². The molecule has 0 aliphatic carbocycles. The number of ether oxygens (including phenoxy) is 1. The van der Waals surface area contributed by atoms with Crippen molar-refractivity contribution in [1.82, 2.24) is 4.90 Å². The van der Waals surface area contributed by atoms with E-state index in [4.69, 9.17) is 27.9 Å². The van der Waals surface area contributed by atoms with Crippen molar-refractivity contribution in [3.8, 4) is 0 Å². The molecule has 3 rings (SSSR count). The SMILES string of the molecule is O=C(OCC(=O)N1CCc2ccccc2C1)c1cccc(Cl)c1Cl. The topological polar surface area (TPSA) is 46.6 Å². The van der Waals surface area contributed by atoms with Crippen LogP contribution in [0.5, 0.6) is 0 Å². The molecule has 0 atom stereocenters. The fourth-order valence-electron chi connectivity index (χ4n) is 2.67. The van der Waals surface area contributed by atoms with Crippen molar-refractivity contribution in [3.05, 3.63) is 69.2 Å². The Balaban J connectivity index is 1.60. The summed E-state index contributed by atoms with van der Waals surface area (Å²) < 4.78 is 5.09. The zero-order valence-electron chi connectivity index (χ0n) is 12.8. The molecule has 124 valence electrons. The van der Waals surface area contributed by atoms with Crippen LogP contribution >= 0.6 is 23.2 Å². The first-order chi connectivity index (χ1) is 11.6. The van der Waals surface area contributed by atoms with E-state index >= 15 is 0 Å². The second-order valence-corrected chi connectivity index (χ2v) is 6.30. The van der Waals surface area contributed by atoms with E-state index in [1.807, 2.05) is 18.2 Å². The summed E-state index contributed by atoms with van der Waals surface area (Å²) in [4.78, 5) is 26.0. The minimum absolute atomic E-state index is 0.128. The normalized spacial score (nSPS) is 13.3. The first kappa shape index (κ1) is 16.8. The van der Waals surface area contributed by atoms with Crippen molar-refractivity contribution in [2.45, 2.75) is 13.0 Å². The number of carbonyl (C=O) groups excluding carboxylic acids is 2. The number of benzene rings is 2. The van der Waals surface area contributed by atoms with E-state index in [1.54, 1.807) is 17.0 Å². The summed E-state index contributed by atoms with van der Waals surface area (Å²) in [5.74, 6) is -0.885. The van der Waals surface area contributed by atoms with Crippen LogP contribution in [0.4, 0.5) is 0 Å². The molecule has 0 radical (unpaired) electrons. The van der Waals surface area contributed by atoms with Crippen LogP contribution in [0.25, 0.3) is 0 Å². The van der Waals surface area contributed by atoms with E-state index in [9.17, 15) is 9.59 Å². The number of hydrogen-bond donors (Lipinski definition) is 0. The van der Waals surface area contributed by atoms with Gasteiger partial charge in [0.15, 0.2) is 6.61 Å². The maximum atomic E-state index is 12.3. The fourth-order valence-corrected chi connectivity index (χ4v) is 3.04. The molecule has 0 saturated carbocycles. The highest BCUT2D eigenvalue weighted by molar-refractivity contribution is 6.43. The molecule has 0 fully saturated rings. The molecule has 1 aliphatic heterocycles. The third-order valence-corrected chi connectivity index (χ3v) is 4.80. The summed E-state index contributed by atoms with van der Waals surface area (Å²) in [6.07, 6.45) is 0.802. The van der Waals surface area contributed by atoms with Crippen LogP contribution in [-0.2, 0) is 22.5 Å². The maximum absolute atomic E-state index is 12.3. The van der Waals surface area contributed by atoms with Crippen LogP contribution in [0, 0.1) is 0 Å². The molecule has 2 aromatic rings. The van der Waals surface area contributed by atoms with Crippen LogP contribution < -0.4 is 0 Å². The molecule has 1 heterocycles. The van der Waals surface area contributed by atoms with Crippen LogP contribution in [0.3, 0.4) is 0 Å². The zero-order valence-corrected chi connectivity index (χ0v) is 14.3. The largest absolute Gasteiger partial charge is 0.452 e. The Morgan fingerprint density at radius 2 is 1.79 bits per heavy atom. The third-order valence-electron chi connectivity index (χ3n) is 3.98. The van der Waals surface area contributed by atoms with Gasteiger partial charge in [-0.3, -0.25) is 4.79 Å². The van der Waals surface area contributed by atoms with E-state index in [1.165, 1.54) is 11.6 Å². The molecule has 24 heavy (non-hydrogen) atoms. The molecule has 4 nitrogen and oxygen atoms in total. The third kappa shape index (κ3) is 3.55. The van der Waals surface area contributed by atoms with Crippen molar-refractivity contribution >= 4 is 35.1 Å². The van der Waals surface area contributed by atoms with Crippen LogP contribution in [-0.4, -0.2) is 29.9 Å². The predicted octanol–water partition coefficient (Wildman–Crippen LogP) is 3.74. The molecule has 2 aromatic carbocycles. The lowest BCUT2D eigenvalue weighted by Gasteiger charge is -2.28. The Bertz CT molecular complexity index is 792. The Labute approximate surface area is 149 Å². The average Bonchev–Trinajstić information content (AvgIpc) is 2.61. The highest BCUT2D eigenvalue weighted by Gasteiger charge is 2.22. The molecule has 6 heteroatoms. The van der Waals surface area contributed by atoms with Crippen molar-refractivity contribution in [2.24, 2.45) is 0 Å². The maximum Gasteiger partial charge on any atom is 0.340 e. The number of amides is 1. The van der Waals surface area contributed by atoms with Gasteiger partial charge in [-0.1, -0.05) is 53.5 Å². The molecule has 0 aromatic heterocycles. The van der Waals surface area contributed by atoms with Crippen molar-refractivity contribution in [1.29, 1.82) is 0 Å². The minimum Gasteiger partial charge on any atom is -0.452 e. The van der Waals surface area contributed by atoms with Gasteiger partial charge in [0.1, 0.15) is 0 Å². The summed E-state index contributed by atoms with van der Waals surface area (Å²) in [6, 6.07) is 12.7. The van der Waals surface area contributed by atoms with Gasteiger partial charge in [0.25, 0.3) is 5.91 Å². The van der Waals surface area contributed by atoms with Gasteiger partial charge in [-0.15, -0.1) is 0 Å². The van der Waals surface area contributed by atoms with Crippen LogP contribution in [0.1, 0.15) is 21.5 Å². The molecule has 0 spiro atoms. The number of hydrogen-bond acceptors (Lipinski definition) is 3. The van der Waals surface area contributed by atoms with Gasteiger partial charge in [-0.2, -0.15) is 0 Å². The minimum atomic E-state index is -0.659. The summed E-state index contributed by atoms with van der Waals surface area (Å²) in [5, 5.41) is 0.397. The lowest BCUT2D eigenvalue weighted by Crippen LogP contribution is -2.38. The van der Waals surface area contributed by atoms with Crippen LogP contribution in [0.15, 0.2) is 42.5 Å². The Hall–Kier alpha value is -2.04. The molecule has 0 unspecified atom stereocenters. The smallest absolute Gasteiger partial charge is 0.340 e. The second-order valence-electron chi connectivity index (χ2n) is 5.51. The summed E-state index contributed by atoms with van der Waals surface area (Å²) in [5.41, 5.74) is 2.53. The summed E-state index contributed by atoms with van der Waals surface area (Å²) >= 11 is 11.9. The highest BCUT2D eigenvalue weighted by atomic mass is 35.5. The lowest BCUT2D eigenvalue weighted by atomic mass is 10.00. The fraction of sp³-hybridized carbons (Fsp3) is 0.222. The predicted molar refractivity (Wildman–Crippen MR) is 92.3 cm³/mol. The average molecular weight is 364 g/mol. The van der Waals surface area contributed by atoms with E-state index in [2.05, 4.69) is 6.07 Å². The molecule has 1 aliphatic rings. The molecule has 1 amide bonds. The molecular formula is C18H15Cl2NO3. The Morgan fingerprint density at radius 3 is 2.58 bits per heavy atom. The number of carbonyl (C=O) groups is 2. The molecular weight excluding hydrogens is 349 g/mol.